The molecule has 1 aliphatic rings. The molecule has 6 heteroatoms. The molecule has 3 aromatic rings. The molecule has 0 aliphatic heterocycles. The van der Waals surface area contributed by atoms with Gasteiger partial charge in [-0.15, -0.1) is 11.3 Å². The quantitative estimate of drug-likeness (QED) is 0.606. The highest BCUT2D eigenvalue weighted by Crippen LogP contribution is 2.37. The number of aryl methyl sites for hydroxylation is 1. The van der Waals surface area contributed by atoms with Gasteiger partial charge >= 0.3 is 0 Å². The van der Waals surface area contributed by atoms with E-state index < -0.39 is 0 Å². The molecule has 0 radical (unpaired) electrons. The van der Waals surface area contributed by atoms with Gasteiger partial charge in [0.25, 0.3) is 5.56 Å². The van der Waals surface area contributed by atoms with E-state index in [0.717, 1.165) is 16.2 Å². The van der Waals surface area contributed by atoms with Crippen molar-refractivity contribution in [3.05, 3.63) is 62.3 Å². The van der Waals surface area contributed by atoms with Crippen LogP contribution in [0.3, 0.4) is 0 Å². The van der Waals surface area contributed by atoms with Crippen molar-refractivity contribution in [1.29, 1.82) is 0 Å². The zero-order valence-corrected chi connectivity index (χ0v) is 18.7. The van der Waals surface area contributed by atoms with Crippen LogP contribution in [-0.2, 0) is 7.05 Å². The summed E-state index contributed by atoms with van der Waals surface area (Å²) in [6.07, 6.45) is 3.73. The van der Waals surface area contributed by atoms with Crippen molar-refractivity contribution in [3.8, 4) is 5.69 Å². The van der Waals surface area contributed by atoms with E-state index in [4.69, 9.17) is 4.99 Å². The van der Waals surface area contributed by atoms with Crippen molar-refractivity contribution in [2.75, 3.05) is 0 Å². The maximum absolute atomic E-state index is 13.3. The predicted octanol–water partition coefficient (Wildman–Crippen LogP) is 4.89. The fourth-order valence-corrected chi connectivity index (χ4v) is 5.51. The number of rotatable bonds is 3. The van der Waals surface area contributed by atoms with Gasteiger partial charge in [0, 0.05) is 24.2 Å². The minimum atomic E-state index is -0.0705. The monoisotopic (exact) mass is 410 g/mol. The first-order valence-corrected chi connectivity index (χ1v) is 11.3. The largest absolute Gasteiger partial charge is 0.318 e. The first-order valence-electron chi connectivity index (χ1n) is 10.5. The van der Waals surface area contributed by atoms with Gasteiger partial charge in [-0.1, -0.05) is 44.9 Å². The maximum atomic E-state index is 13.3. The molecule has 1 fully saturated rings. The first-order chi connectivity index (χ1) is 13.9. The summed E-state index contributed by atoms with van der Waals surface area (Å²) >= 11 is 1.64. The van der Waals surface area contributed by atoms with Crippen LogP contribution in [0.2, 0.25) is 0 Å². The summed E-state index contributed by atoms with van der Waals surface area (Å²) in [7, 11) is 1.92. The Labute approximate surface area is 175 Å². The van der Waals surface area contributed by atoms with E-state index in [1.54, 1.807) is 16.0 Å². The number of nitrogens with zero attached hydrogens (tertiary/aromatic N) is 4. The lowest BCUT2D eigenvalue weighted by Crippen LogP contribution is -2.32. The van der Waals surface area contributed by atoms with Crippen LogP contribution in [0.1, 0.15) is 50.5 Å². The lowest BCUT2D eigenvalue weighted by Gasteiger charge is -2.35. The van der Waals surface area contributed by atoms with Crippen molar-refractivity contribution in [1.82, 2.24) is 13.9 Å². The van der Waals surface area contributed by atoms with E-state index >= 15 is 0 Å². The molecule has 0 saturated heterocycles. The molecular formula is C23H30N4OS. The van der Waals surface area contributed by atoms with Crippen molar-refractivity contribution in [2.24, 2.45) is 23.9 Å². The Hall–Kier alpha value is -2.34. The topological polar surface area (TPSA) is 44.2 Å². The highest BCUT2D eigenvalue weighted by molar-refractivity contribution is 7.07. The molecule has 2 aromatic heterocycles. The third-order valence-corrected chi connectivity index (χ3v) is 7.61. The first kappa shape index (κ1) is 20.0. The molecule has 3 unspecified atom stereocenters. The van der Waals surface area contributed by atoms with Crippen molar-refractivity contribution in [3.63, 3.8) is 0 Å². The molecular weight excluding hydrogens is 380 g/mol. The molecule has 3 atom stereocenters. The van der Waals surface area contributed by atoms with Crippen LogP contribution >= 0.6 is 11.3 Å². The van der Waals surface area contributed by atoms with Crippen molar-refractivity contribution < 1.29 is 0 Å². The molecule has 29 heavy (non-hydrogen) atoms. The van der Waals surface area contributed by atoms with E-state index in [9.17, 15) is 4.79 Å². The number of hydrogen-bond acceptors (Lipinski definition) is 3. The number of thiazole rings is 1. The molecule has 2 heterocycles. The Bertz CT molecular complexity index is 1130. The highest BCUT2D eigenvalue weighted by atomic mass is 32.1. The molecule has 1 saturated carbocycles. The summed E-state index contributed by atoms with van der Waals surface area (Å²) < 4.78 is 5.97. The van der Waals surface area contributed by atoms with E-state index in [2.05, 4.69) is 30.7 Å². The second kappa shape index (κ2) is 7.82. The van der Waals surface area contributed by atoms with E-state index in [1.165, 1.54) is 25.0 Å². The van der Waals surface area contributed by atoms with E-state index in [1.807, 2.05) is 49.0 Å². The summed E-state index contributed by atoms with van der Waals surface area (Å²) in [5.41, 5.74) is 3.43. The van der Waals surface area contributed by atoms with Gasteiger partial charge in [0.1, 0.15) is 0 Å². The standard InChI is InChI=1S/C23H30N4OS/c1-15-10-9-13-20(17(15)3)26-16(2)14-29-23(26)24-21-18(4)25(5)27(22(21)28)19-11-7-6-8-12-19/h6-8,11-12,14-15,17,20H,9-10,13H2,1-5H3. The summed E-state index contributed by atoms with van der Waals surface area (Å²) in [4.78, 5) is 19.1. The van der Waals surface area contributed by atoms with Gasteiger partial charge in [-0.2, -0.15) is 0 Å². The molecule has 4 rings (SSSR count). The number of hydrogen-bond donors (Lipinski definition) is 0. The second-order valence-corrected chi connectivity index (χ2v) is 9.22. The fourth-order valence-electron chi connectivity index (χ4n) is 4.58. The van der Waals surface area contributed by atoms with E-state index in [-0.39, 0.29) is 5.56 Å². The molecule has 5 nitrogen and oxygen atoms in total. The van der Waals surface area contributed by atoms with Crippen LogP contribution in [0, 0.1) is 25.7 Å². The van der Waals surface area contributed by atoms with Crippen LogP contribution < -0.4 is 10.4 Å². The smallest absolute Gasteiger partial charge is 0.297 e. The SMILES string of the molecule is Cc1csc(=Nc2c(C)n(C)n(-c3ccccc3)c2=O)n1C1CCCC(C)C1C. The van der Waals surface area contributed by atoms with Crippen molar-refractivity contribution in [2.45, 2.75) is 53.0 Å². The molecule has 0 bridgehead atoms. The maximum Gasteiger partial charge on any atom is 0.297 e. The van der Waals surface area contributed by atoms with Crippen LogP contribution in [0.25, 0.3) is 5.69 Å². The van der Waals surface area contributed by atoms with Crippen LogP contribution in [0.4, 0.5) is 5.69 Å². The summed E-state index contributed by atoms with van der Waals surface area (Å²) in [6, 6.07) is 10.2. The molecule has 1 aliphatic carbocycles. The number of aromatic nitrogens is 3. The summed E-state index contributed by atoms with van der Waals surface area (Å²) in [5, 5.41) is 2.17. The molecule has 1 aromatic carbocycles. The van der Waals surface area contributed by atoms with Crippen LogP contribution in [-0.4, -0.2) is 13.9 Å². The van der Waals surface area contributed by atoms with Gasteiger partial charge in [-0.05, 0) is 44.2 Å². The number of benzene rings is 1. The zero-order chi connectivity index (χ0) is 20.7. The van der Waals surface area contributed by atoms with Gasteiger partial charge < -0.3 is 4.57 Å². The fraction of sp³-hybridized carbons (Fsp3) is 0.478. The van der Waals surface area contributed by atoms with Crippen LogP contribution in [0.15, 0.2) is 45.5 Å². The van der Waals surface area contributed by atoms with Gasteiger partial charge in [-0.3, -0.25) is 9.48 Å². The lowest BCUT2D eigenvalue weighted by atomic mass is 9.78. The molecule has 0 amide bonds. The third-order valence-electron chi connectivity index (χ3n) is 6.65. The van der Waals surface area contributed by atoms with Gasteiger partial charge in [0.2, 0.25) is 0 Å². The molecule has 0 N–H and O–H groups in total. The Morgan fingerprint density at radius 3 is 2.55 bits per heavy atom. The highest BCUT2D eigenvalue weighted by Gasteiger charge is 2.29. The van der Waals surface area contributed by atoms with Crippen LogP contribution in [0.5, 0.6) is 0 Å². The minimum absolute atomic E-state index is 0.0705. The van der Waals surface area contributed by atoms with Gasteiger partial charge in [0.15, 0.2) is 10.5 Å². The zero-order valence-electron chi connectivity index (χ0n) is 17.9. The Morgan fingerprint density at radius 2 is 1.83 bits per heavy atom. The molecule has 0 spiro atoms. The summed E-state index contributed by atoms with van der Waals surface area (Å²) in [5.74, 6) is 1.32. The Morgan fingerprint density at radius 1 is 1.10 bits per heavy atom. The predicted molar refractivity (Wildman–Crippen MR) is 119 cm³/mol. The van der Waals surface area contributed by atoms with Crippen molar-refractivity contribution >= 4 is 17.0 Å². The van der Waals surface area contributed by atoms with E-state index in [0.29, 0.717) is 23.6 Å². The van der Waals surface area contributed by atoms with Gasteiger partial charge in [0.05, 0.1) is 11.4 Å². The minimum Gasteiger partial charge on any atom is -0.318 e. The Balaban J connectivity index is 1.86. The molecule has 154 valence electrons. The Kier molecular flexibility index (Phi) is 5.38. The lowest BCUT2D eigenvalue weighted by molar-refractivity contribution is 0.182. The summed E-state index contributed by atoms with van der Waals surface area (Å²) in [6.45, 7) is 8.84. The average molecular weight is 411 g/mol. The second-order valence-electron chi connectivity index (χ2n) is 8.39. The van der Waals surface area contributed by atoms with Gasteiger partial charge in [-0.25, -0.2) is 9.67 Å². The third kappa shape index (κ3) is 3.44. The number of para-hydroxylation sites is 1. The normalized spacial score (nSPS) is 22.9. The average Bonchev–Trinajstić information content (AvgIpc) is 3.17.